The molecule has 0 N–H and O–H groups in total. The van der Waals surface area contributed by atoms with Gasteiger partial charge in [-0.15, -0.1) is 0 Å². The van der Waals surface area contributed by atoms with Crippen LogP contribution in [0.3, 0.4) is 0 Å². The Labute approximate surface area is 117 Å². The van der Waals surface area contributed by atoms with Crippen molar-refractivity contribution in [2.24, 2.45) is 0 Å². The number of carbonyl (C=O) groups is 2. The van der Waals surface area contributed by atoms with Gasteiger partial charge in [0.1, 0.15) is 5.75 Å². The van der Waals surface area contributed by atoms with Crippen molar-refractivity contribution in [2.75, 3.05) is 20.7 Å². The van der Waals surface area contributed by atoms with Crippen LogP contribution in [-0.2, 0) is 14.3 Å². The van der Waals surface area contributed by atoms with Gasteiger partial charge in [-0.05, 0) is 31.2 Å². The number of benzene rings is 1. The van der Waals surface area contributed by atoms with E-state index in [1.807, 2.05) is 6.07 Å². The summed E-state index contributed by atoms with van der Waals surface area (Å²) in [5.74, 6) is -0.471. The minimum atomic E-state index is -0.845. The minimum absolute atomic E-state index is 0.295. The second-order valence-electron chi connectivity index (χ2n) is 4.29. The molecule has 0 saturated carbocycles. The second-order valence-corrected chi connectivity index (χ2v) is 4.29. The molecule has 0 bridgehead atoms. The van der Waals surface area contributed by atoms with E-state index in [1.165, 1.54) is 11.8 Å². The Bertz CT molecular complexity index is 517. The largest absolute Gasteiger partial charge is 0.482 e. The van der Waals surface area contributed by atoms with E-state index in [0.717, 1.165) is 0 Å². The zero-order valence-corrected chi connectivity index (χ0v) is 11.6. The predicted molar refractivity (Wildman–Crippen MR) is 70.9 cm³/mol. The molecule has 0 spiro atoms. The van der Waals surface area contributed by atoms with Gasteiger partial charge in [0.05, 0.1) is 11.6 Å². The summed E-state index contributed by atoms with van der Waals surface area (Å²) in [7, 11) is 3.17. The monoisotopic (exact) mass is 276 g/mol. The number of nitriles is 1. The molecule has 0 aliphatic heterocycles. The van der Waals surface area contributed by atoms with Crippen LogP contribution in [0, 0.1) is 11.3 Å². The van der Waals surface area contributed by atoms with Crippen LogP contribution in [0.2, 0.25) is 0 Å². The maximum absolute atomic E-state index is 11.5. The van der Waals surface area contributed by atoms with Gasteiger partial charge in [0, 0.05) is 14.1 Å². The summed E-state index contributed by atoms with van der Waals surface area (Å²) >= 11 is 0. The van der Waals surface area contributed by atoms with E-state index in [2.05, 4.69) is 0 Å². The third-order valence-electron chi connectivity index (χ3n) is 2.44. The van der Waals surface area contributed by atoms with E-state index < -0.39 is 12.1 Å². The van der Waals surface area contributed by atoms with Gasteiger partial charge >= 0.3 is 5.97 Å². The predicted octanol–water partition coefficient (Wildman–Crippen LogP) is 0.957. The SMILES string of the molecule is C[C@H](OC(=O)COc1ccc(C#N)cc1)C(=O)N(C)C. The van der Waals surface area contributed by atoms with Gasteiger partial charge in [0.25, 0.3) is 5.91 Å². The van der Waals surface area contributed by atoms with Crippen molar-refractivity contribution >= 4 is 11.9 Å². The van der Waals surface area contributed by atoms with Crippen LogP contribution in [-0.4, -0.2) is 43.6 Å². The summed E-state index contributed by atoms with van der Waals surface area (Å²) in [6.45, 7) is 1.21. The van der Waals surface area contributed by atoms with Crippen LogP contribution >= 0.6 is 0 Å². The van der Waals surface area contributed by atoms with Crippen LogP contribution in [0.5, 0.6) is 5.75 Å². The van der Waals surface area contributed by atoms with Crippen molar-refractivity contribution in [3.63, 3.8) is 0 Å². The molecule has 1 aromatic rings. The molecule has 1 amide bonds. The molecule has 6 nitrogen and oxygen atoms in total. The molecule has 1 atom stereocenters. The van der Waals surface area contributed by atoms with Gasteiger partial charge < -0.3 is 14.4 Å². The second kappa shape index (κ2) is 7.14. The Morgan fingerprint density at radius 3 is 2.40 bits per heavy atom. The Morgan fingerprint density at radius 2 is 1.90 bits per heavy atom. The van der Waals surface area contributed by atoms with E-state index in [4.69, 9.17) is 14.7 Å². The molecule has 1 rings (SSSR count). The Morgan fingerprint density at radius 1 is 1.30 bits per heavy atom. The van der Waals surface area contributed by atoms with Gasteiger partial charge in [0.15, 0.2) is 12.7 Å². The summed E-state index contributed by atoms with van der Waals surface area (Å²) in [4.78, 5) is 24.4. The molecule has 0 aromatic heterocycles. The summed E-state index contributed by atoms with van der Waals surface area (Å²) in [5, 5.41) is 8.64. The van der Waals surface area contributed by atoms with Crippen molar-refractivity contribution < 1.29 is 19.1 Å². The van der Waals surface area contributed by atoms with Crippen molar-refractivity contribution in [3.8, 4) is 11.8 Å². The lowest BCUT2D eigenvalue weighted by Crippen LogP contribution is -2.35. The van der Waals surface area contributed by atoms with E-state index in [1.54, 1.807) is 38.4 Å². The average molecular weight is 276 g/mol. The topological polar surface area (TPSA) is 79.6 Å². The van der Waals surface area contributed by atoms with E-state index in [9.17, 15) is 9.59 Å². The number of rotatable bonds is 5. The van der Waals surface area contributed by atoms with Gasteiger partial charge in [-0.1, -0.05) is 0 Å². The lowest BCUT2D eigenvalue weighted by atomic mass is 10.2. The highest BCUT2D eigenvalue weighted by Crippen LogP contribution is 2.11. The molecule has 0 aliphatic carbocycles. The van der Waals surface area contributed by atoms with Crippen LogP contribution < -0.4 is 4.74 Å². The van der Waals surface area contributed by atoms with Gasteiger partial charge in [0.2, 0.25) is 0 Å². The number of amides is 1. The molecule has 0 saturated heterocycles. The van der Waals surface area contributed by atoms with Gasteiger partial charge in [-0.2, -0.15) is 5.26 Å². The lowest BCUT2D eigenvalue weighted by Gasteiger charge is -2.17. The molecular formula is C14H16N2O4. The third kappa shape index (κ3) is 4.61. The summed E-state index contributed by atoms with van der Waals surface area (Å²) < 4.78 is 10.1. The number of likely N-dealkylation sites (N-methyl/N-ethyl adjacent to an activating group) is 1. The molecular weight excluding hydrogens is 260 g/mol. The number of hydrogen-bond acceptors (Lipinski definition) is 5. The molecule has 0 heterocycles. The zero-order valence-electron chi connectivity index (χ0n) is 11.6. The van der Waals surface area contributed by atoms with Crippen molar-refractivity contribution in [2.45, 2.75) is 13.0 Å². The van der Waals surface area contributed by atoms with Crippen molar-refractivity contribution in [3.05, 3.63) is 29.8 Å². The van der Waals surface area contributed by atoms with Gasteiger partial charge in [-0.25, -0.2) is 4.79 Å². The quantitative estimate of drug-likeness (QED) is 0.748. The molecule has 6 heteroatoms. The van der Waals surface area contributed by atoms with Crippen LogP contribution in [0.25, 0.3) is 0 Å². The standard InChI is InChI=1S/C14H16N2O4/c1-10(14(18)16(2)3)20-13(17)9-19-12-6-4-11(8-15)5-7-12/h4-7,10H,9H2,1-3H3/t10-/m0/s1. The van der Waals surface area contributed by atoms with E-state index in [-0.39, 0.29) is 12.5 Å². The number of carbonyl (C=O) groups excluding carboxylic acids is 2. The smallest absolute Gasteiger partial charge is 0.344 e. The number of hydrogen-bond donors (Lipinski definition) is 0. The highest BCUT2D eigenvalue weighted by Gasteiger charge is 2.19. The Balaban J connectivity index is 2.43. The van der Waals surface area contributed by atoms with E-state index >= 15 is 0 Å². The fraction of sp³-hybridized carbons (Fsp3) is 0.357. The first-order valence-electron chi connectivity index (χ1n) is 5.97. The molecule has 0 aliphatic rings. The molecule has 1 aromatic carbocycles. The Hall–Kier alpha value is -2.55. The number of ether oxygens (including phenoxy) is 2. The van der Waals surface area contributed by atoms with Crippen LogP contribution in [0.15, 0.2) is 24.3 Å². The van der Waals surface area contributed by atoms with E-state index in [0.29, 0.717) is 11.3 Å². The molecule has 0 radical (unpaired) electrons. The average Bonchev–Trinajstić information content (AvgIpc) is 2.44. The zero-order chi connectivity index (χ0) is 15.1. The highest BCUT2D eigenvalue weighted by molar-refractivity contribution is 5.83. The fourth-order valence-electron chi connectivity index (χ4n) is 1.41. The maximum Gasteiger partial charge on any atom is 0.344 e. The highest BCUT2D eigenvalue weighted by atomic mass is 16.6. The summed E-state index contributed by atoms with van der Waals surface area (Å²) in [6, 6.07) is 8.31. The summed E-state index contributed by atoms with van der Waals surface area (Å²) in [6.07, 6.45) is -0.845. The molecule has 0 unspecified atom stereocenters. The van der Waals surface area contributed by atoms with Crippen LogP contribution in [0.1, 0.15) is 12.5 Å². The Kier molecular flexibility index (Phi) is 5.54. The third-order valence-corrected chi connectivity index (χ3v) is 2.44. The first-order valence-corrected chi connectivity index (χ1v) is 5.97. The molecule has 0 fully saturated rings. The fourth-order valence-corrected chi connectivity index (χ4v) is 1.41. The van der Waals surface area contributed by atoms with Crippen LogP contribution in [0.4, 0.5) is 0 Å². The number of esters is 1. The van der Waals surface area contributed by atoms with Crippen molar-refractivity contribution in [1.82, 2.24) is 4.90 Å². The maximum atomic E-state index is 11.5. The minimum Gasteiger partial charge on any atom is -0.482 e. The molecule has 106 valence electrons. The summed E-state index contributed by atoms with van der Waals surface area (Å²) in [5.41, 5.74) is 0.505. The van der Waals surface area contributed by atoms with Crippen molar-refractivity contribution in [1.29, 1.82) is 5.26 Å². The normalized spacial score (nSPS) is 11.1. The molecule has 20 heavy (non-hydrogen) atoms. The first kappa shape index (κ1) is 15.5. The first-order chi connectivity index (χ1) is 9.43. The number of nitrogens with zero attached hydrogens (tertiary/aromatic N) is 2. The lowest BCUT2D eigenvalue weighted by molar-refractivity contribution is -0.159. The van der Waals surface area contributed by atoms with Gasteiger partial charge in [-0.3, -0.25) is 4.79 Å².